The molecule has 1 saturated carbocycles. The van der Waals surface area contributed by atoms with Crippen LogP contribution in [0.25, 0.3) is 0 Å². The molecule has 2 rings (SSSR count). The first-order valence-electron chi connectivity index (χ1n) is 8.23. The number of hydrogen-bond acceptors (Lipinski definition) is 3. The molecule has 126 valence electrons. The lowest BCUT2D eigenvalue weighted by Gasteiger charge is -2.16. The molecule has 6 heteroatoms. The number of aromatic nitrogens is 1. The van der Waals surface area contributed by atoms with Crippen LogP contribution >= 0.6 is 35.3 Å². The number of guanidine groups is 1. The molecule has 2 N–H and O–H groups in total. The summed E-state index contributed by atoms with van der Waals surface area (Å²) in [5.41, 5.74) is 1.14. The average molecular weight is 436 g/mol. The van der Waals surface area contributed by atoms with E-state index in [0.717, 1.165) is 37.6 Å². The number of rotatable bonds is 7. The first-order valence-corrected chi connectivity index (χ1v) is 9.11. The number of nitrogens with one attached hydrogen (secondary N) is 2. The van der Waals surface area contributed by atoms with Gasteiger partial charge in [-0.2, -0.15) is 0 Å². The summed E-state index contributed by atoms with van der Waals surface area (Å²) < 4.78 is 0. The molecule has 22 heavy (non-hydrogen) atoms. The normalized spacial score (nSPS) is 15.6. The third kappa shape index (κ3) is 7.26. The van der Waals surface area contributed by atoms with Crippen molar-refractivity contribution in [2.45, 2.75) is 64.8 Å². The summed E-state index contributed by atoms with van der Waals surface area (Å²) >= 11 is 1.77. The Morgan fingerprint density at radius 1 is 1.36 bits per heavy atom. The average Bonchev–Trinajstić information content (AvgIpc) is 3.10. The van der Waals surface area contributed by atoms with Crippen LogP contribution in [0.3, 0.4) is 0 Å². The van der Waals surface area contributed by atoms with Gasteiger partial charge in [-0.25, -0.2) is 4.98 Å². The highest BCUT2D eigenvalue weighted by atomic mass is 127. The van der Waals surface area contributed by atoms with Gasteiger partial charge in [0.15, 0.2) is 5.96 Å². The zero-order chi connectivity index (χ0) is 14.9. The van der Waals surface area contributed by atoms with Crippen LogP contribution in [0.1, 0.15) is 56.2 Å². The molecular formula is C16H29IN4S. The molecule has 1 aliphatic carbocycles. The van der Waals surface area contributed by atoms with Crippen molar-refractivity contribution >= 4 is 41.3 Å². The second-order valence-corrected chi connectivity index (χ2v) is 6.67. The van der Waals surface area contributed by atoms with E-state index in [1.54, 1.807) is 11.3 Å². The van der Waals surface area contributed by atoms with E-state index in [2.05, 4.69) is 34.8 Å². The SMILES string of the molecule is CCNC(=NCCCCc1nc(C)cs1)NC1CCCC1.I. The predicted molar refractivity (Wildman–Crippen MR) is 107 cm³/mol. The molecule has 0 spiro atoms. The second kappa shape index (κ2) is 11.2. The number of thiazole rings is 1. The van der Waals surface area contributed by atoms with Gasteiger partial charge in [-0.15, -0.1) is 35.3 Å². The fourth-order valence-corrected chi connectivity index (χ4v) is 3.50. The summed E-state index contributed by atoms with van der Waals surface area (Å²) in [6.07, 6.45) is 8.65. The van der Waals surface area contributed by atoms with E-state index in [9.17, 15) is 0 Å². The molecule has 0 atom stereocenters. The number of aliphatic imine (C=N–C) groups is 1. The van der Waals surface area contributed by atoms with Crippen molar-refractivity contribution in [3.63, 3.8) is 0 Å². The summed E-state index contributed by atoms with van der Waals surface area (Å²) in [6, 6.07) is 0.626. The molecular weight excluding hydrogens is 407 g/mol. The highest BCUT2D eigenvalue weighted by Crippen LogP contribution is 2.17. The Bertz CT molecular complexity index is 441. The number of unbranched alkanes of at least 4 members (excludes halogenated alkanes) is 1. The Morgan fingerprint density at radius 3 is 2.77 bits per heavy atom. The molecule has 1 aromatic rings. The number of aryl methyl sites for hydroxylation is 2. The van der Waals surface area contributed by atoms with E-state index < -0.39 is 0 Å². The molecule has 4 nitrogen and oxygen atoms in total. The van der Waals surface area contributed by atoms with Crippen LogP contribution in [-0.2, 0) is 6.42 Å². The van der Waals surface area contributed by atoms with Gasteiger partial charge in [0.2, 0.25) is 0 Å². The minimum Gasteiger partial charge on any atom is -0.357 e. The summed E-state index contributed by atoms with van der Waals surface area (Å²) in [5.74, 6) is 0.995. The van der Waals surface area contributed by atoms with E-state index in [1.807, 2.05) is 0 Å². The van der Waals surface area contributed by atoms with Crippen molar-refractivity contribution in [1.82, 2.24) is 15.6 Å². The lowest BCUT2D eigenvalue weighted by molar-refractivity contribution is 0.612. The molecule has 0 saturated heterocycles. The number of nitrogens with zero attached hydrogens (tertiary/aromatic N) is 2. The van der Waals surface area contributed by atoms with Crippen molar-refractivity contribution in [3.8, 4) is 0 Å². The summed E-state index contributed by atoms with van der Waals surface area (Å²) in [7, 11) is 0. The van der Waals surface area contributed by atoms with Gasteiger partial charge < -0.3 is 10.6 Å². The van der Waals surface area contributed by atoms with Gasteiger partial charge in [0, 0.05) is 30.2 Å². The first kappa shape index (κ1) is 19.7. The third-order valence-electron chi connectivity index (χ3n) is 3.78. The first-order chi connectivity index (χ1) is 10.3. The predicted octanol–water partition coefficient (Wildman–Crippen LogP) is 3.89. The quantitative estimate of drug-likeness (QED) is 0.295. The fraction of sp³-hybridized carbons (Fsp3) is 0.750. The van der Waals surface area contributed by atoms with Crippen LogP contribution in [0.15, 0.2) is 10.4 Å². The van der Waals surface area contributed by atoms with E-state index in [4.69, 9.17) is 4.99 Å². The maximum Gasteiger partial charge on any atom is 0.191 e. The summed E-state index contributed by atoms with van der Waals surface area (Å²) in [6.45, 7) is 6.00. The van der Waals surface area contributed by atoms with Crippen molar-refractivity contribution in [1.29, 1.82) is 0 Å². The maximum atomic E-state index is 4.69. The zero-order valence-electron chi connectivity index (χ0n) is 13.7. The van der Waals surface area contributed by atoms with Gasteiger partial charge in [0.25, 0.3) is 0 Å². The molecule has 1 aromatic heterocycles. The number of hydrogen-bond donors (Lipinski definition) is 2. The highest BCUT2D eigenvalue weighted by Gasteiger charge is 2.15. The minimum atomic E-state index is 0. The van der Waals surface area contributed by atoms with E-state index >= 15 is 0 Å². The van der Waals surface area contributed by atoms with Crippen LogP contribution in [0, 0.1) is 6.92 Å². The monoisotopic (exact) mass is 436 g/mol. The largest absolute Gasteiger partial charge is 0.357 e. The third-order valence-corrected chi connectivity index (χ3v) is 4.80. The van der Waals surface area contributed by atoms with Crippen molar-refractivity contribution in [2.75, 3.05) is 13.1 Å². The van der Waals surface area contributed by atoms with Crippen LogP contribution in [0.5, 0.6) is 0 Å². The Labute approximate surface area is 155 Å². The number of halogens is 1. The zero-order valence-corrected chi connectivity index (χ0v) is 16.9. The Balaban J connectivity index is 0.00000242. The van der Waals surface area contributed by atoms with Gasteiger partial charge in [0.1, 0.15) is 0 Å². The van der Waals surface area contributed by atoms with Gasteiger partial charge in [0.05, 0.1) is 5.01 Å². The van der Waals surface area contributed by atoms with E-state index in [0.29, 0.717) is 6.04 Å². The Kier molecular flexibility index (Phi) is 10.0. The van der Waals surface area contributed by atoms with Crippen LogP contribution in [0.2, 0.25) is 0 Å². The molecule has 0 radical (unpaired) electrons. The maximum absolute atomic E-state index is 4.69. The lowest BCUT2D eigenvalue weighted by Crippen LogP contribution is -2.42. The molecule has 0 unspecified atom stereocenters. The van der Waals surface area contributed by atoms with Crippen LogP contribution in [-0.4, -0.2) is 30.1 Å². The molecule has 0 aromatic carbocycles. The van der Waals surface area contributed by atoms with Crippen molar-refractivity contribution < 1.29 is 0 Å². The molecule has 0 bridgehead atoms. The van der Waals surface area contributed by atoms with Gasteiger partial charge in [-0.1, -0.05) is 12.8 Å². The Morgan fingerprint density at radius 2 is 2.14 bits per heavy atom. The van der Waals surface area contributed by atoms with Gasteiger partial charge in [-0.05, 0) is 46.0 Å². The smallest absolute Gasteiger partial charge is 0.191 e. The standard InChI is InChI=1S/C16H28N4S.HI/c1-3-17-16(20-14-8-4-5-9-14)18-11-7-6-10-15-19-13(2)12-21-15;/h12,14H,3-11H2,1-2H3,(H2,17,18,20);1H. The van der Waals surface area contributed by atoms with Crippen LogP contribution in [0.4, 0.5) is 0 Å². The van der Waals surface area contributed by atoms with Gasteiger partial charge >= 0.3 is 0 Å². The van der Waals surface area contributed by atoms with Crippen molar-refractivity contribution in [2.24, 2.45) is 4.99 Å². The van der Waals surface area contributed by atoms with Crippen LogP contribution < -0.4 is 10.6 Å². The molecule has 1 aliphatic rings. The van der Waals surface area contributed by atoms with Crippen molar-refractivity contribution in [3.05, 3.63) is 16.1 Å². The highest BCUT2D eigenvalue weighted by molar-refractivity contribution is 14.0. The van der Waals surface area contributed by atoms with Gasteiger partial charge in [-0.3, -0.25) is 4.99 Å². The molecule has 0 aliphatic heterocycles. The minimum absolute atomic E-state index is 0. The van der Waals surface area contributed by atoms with E-state index in [1.165, 1.54) is 37.1 Å². The molecule has 1 heterocycles. The molecule has 0 amide bonds. The fourth-order valence-electron chi connectivity index (χ4n) is 2.68. The summed E-state index contributed by atoms with van der Waals surface area (Å²) in [4.78, 5) is 9.19. The second-order valence-electron chi connectivity index (χ2n) is 5.73. The molecule has 1 fully saturated rings. The summed E-state index contributed by atoms with van der Waals surface area (Å²) in [5, 5.41) is 10.3. The lowest BCUT2D eigenvalue weighted by atomic mass is 10.2. The van der Waals surface area contributed by atoms with E-state index in [-0.39, 0.29) is 24.0 Å². The Hall–Kier alpha value is -0.370. The topological polar surface area (TPSA) is 49.3 Å².